The molecule has 1 aliphatic rings. The molecule has 1 saturated carbocycles. The number of carbonyl (C=O) groups excluding carboxylic acids is 1. The molecule has 110 valence electrons. The number of rotatable bonds is 4. The van der Waals surface area contributed by atoms with Gasteiger partial charge in [-0.05, 0) is 39.0 Å². The maximum atomic E-state index is 12.3. The molecule has 0 saturated heterocycles. The lowest BCUT2D eigenvalue weighted by Gasteiger charge is -2.03. The van der Waals surface area contributed by atoms with Crippen LogP contribution < -0.4 is 5.32 Å². The summed E-state index contributed by atoms with van der Waals surface area (Å²) in [5.74, 6) is 1.86. The van der Waals surface area contributed by atoms with Gasteiger partial charge in [-0.1, -0.05) is 25.5 Å². The normalized spacial score (nSPS) is 23.3. The van der Waals surface area contributed by atoms with Gasteiger partial charge in [-0.15, -0.1) is 0 Å². The van der Waals surface area contributed by atoms with E-state index in [4.69, 9.17) is 4.42 Å². The van der Waals surface area contributed by atoms with Crippen LogP contribution >= 0.6 is 0 Å². The van der Waals surface area contributed by atoms with Crippen molar-refractivity contribution < 1.29 is 9.21 Å². The summed E-state index contributed by atoms with van der Waals surface area (Å²) in [6.07, 6.45) is 2.20. The molecular formula is C16H24N2O2. The minimum absolute atomic E-state index is 0.0454. The molecule has 1 amide bonds. The molecule has 1 aromatic rings. The third kappa shape index (κ3) is 2.79. The van der Waals surface area contributed by atoms with Gasteiger partial charge in [-0.3, -0.25) is 4.79 Å². The molecule has 1 fully saturated rings. The Morgan fingerprint density at radius 2 is 2.05 bits per heavy atom. The van der Waals surface area contributed by atoms with Crippen molar-refractivity contribution in [2.24, 2.45) is 17.3 Å². The van der Waals surface area contributed by atoms with Crippen LogP contribution in [-0.2, 0) is 11.3 Å². The van der Waals surface area contributed by atoms with Gasteiger partial charge >= 0.3 is 0 Å². The monoisotopic (exact) mass is 276 g/mol. The Morgan fingerprint density at radius 1 is 1.40 bits per heavy atom. The minimum Gasteiger partial charge on any atom is -0.444 e. The fraction of sp³-hybridized carbons (Fsp3) is 0.625. The maximum Gasteiger partial charge on any atom is 0.224 e. The Balaban J connectivity index is 1.95. The molecule has 4 heteroatoms. The lowest BCUT2D eigenvalue weighted by atomic mass is 10.1. The van der Waals surface area contributed by atoms with E-state index in [1.165, 1.54) is 5.57 Å². The highest BCUT2D eigenvalue weighted by atomic mass is 16.4. The van der Waals surface area contributed by atoms with E-state index in [9.17, 15) is 4.79 Å². The van der Waals surface area contributed by atoms with E-state index in [2.05, 4.69) is 44.1 Å². The number of hydrogen-bond acceptors (Lipinski definition) is 3. The summed E-state index contributed by atoms with van der Waals surface area (Å²) in [6.45, 7) is 12.6. The number of oxazole rings is 1. The van der Waals surface area contributed by atoms with Crippen LogP contribution in [0.2, 0.25) is 0 Å². The highest BCUT2D eigenvalue weighted by Crippen LogP contribution is 2.59. The fourth-order valence-electron chi connectivity index (χ4n) is 2.74. The number of amides is 1. The smallest absolute Gasteiger partial charge is 0.224 e. The van der Waals surface area contributed by atoms with Crippen LogP contribution in [0.4, 0.5) is 0 Å². The predicted molar refractivity (Wildman–Crippen MR) is 78.0 cm³/mol. The van der Waals surface area contributed by atoms with Gasteiger partial charge in [0.05, 0.1) is 18.2 Å². The van der Waals surface area contributed by atoms with Gasteiger partial charge < -0.3 is 9.73 Å². The van der Waals surface area contributed by atoms with Crippen LogP contribution in [0.5, 0.6) is 0 Å². The Kier molecular flexibility index (Phi) is 3.76. The molecule has 4 nitrogen and oxygen atoms in total. The number of aromatic nitrogens is 1. The number of hydrogen-bond donors (Lipinski definition) is 1. The van der Waals surface area contributed by atoms with Gasteiger partial charge in [-0.2, -0.15) is 0 Å². The van der Waals surface area contributed by atoms with Crippen molar-refractivity contribution in [3.8, 4) is 0 Å². The van der Waals surface area contributed by atoms with Crippen molar-refractivity contribution >= 4 is 5.91 Å². The first-order chi connectivity index (χ1) is 9.23. The van der Waals surface area contributed by atoms with Crippen molar-refractivity contribution in [2.45, 2.75) is 48.1 Å². The van der Waals surface area contributed by atoms with Crippen LogP contribution in [0.25, 0.3) is 0 Å². The van der Waals surface area contributed by atoms with Gasteiger partial charge in [0, 0.05) is 0 Å². The summed E-state index contributed by atoms with van der Waals surface area (Å²) in [5, 5.41) is 2.94. The van der Waals surface area contributed by atoms with Crippen LogP contribution in [0.15, 0.2) is 16.1 Å². The van der Waals surface area contributed by atoms with Gasteiger partial charge in [0.2, 0.25) is 11.8 Å². The second-order valence-electron chi connectivity index (χ2n) is 6.54. The van der Waals surface area contributed by atoms with Gasteiger partial charge in [0.1, 0.15) is 5.76 Å². The van der Waals surface area contributed by atoms with Crippen molar-refractivity contribution in [3.63, 3.8) is 0 Å². The third-order valence-corrected chi connectivity index (χ3v) is 4.19. The lowest BCUT2D eigenvalue weighted by molar-refractivity contribution is -0.123. The highest BCUT2D eigenvalue weighted by molar-refractivity contribution is 5.83. The molecule has 0 bridgehead atoms. The van der Waals surface area contributed by atoms with Crippen molar-refractivity contribution in [2.75, 3.05) is 0 Å². The Morgan fingerprint density at radius 3 is 2.55 bits per heavy atom. The molecule has 1 N–H and O–H groups in total. The molecule has 1 aliphatic carbocycles. The molecule has 0 spiro atoms. The number of carbonyl (C=O) groups is 1. The molecule has 0 aliphatic heterocycles. The summed E-state index contributed by atoms with van der Waals surface area (Å²) in [5.41, 5.74) is 2.18. The van der Waals surface area contributed by atoms with Gasteiger partial charge in [0.25, 0.3) is 0 Å². The van der Waals surface area contributed by atoms with Crippen molar-refractivity contribution in [1.82, 2.24) is 10.3 Å². The molecular weight excluding hydrogens is 252 g/mol. The van der Waals surface area contributed by atoms with Crippen molar-refractivity contribution in [1.29, 1.82) is 0 Å². The molecule has 20 heavy (non-hydrogen) atoms. The van der Waals surface area contributed by atoms with E-state index in [0.717, 1.165) is 11.5 Å². The number of nitrogens with one attached hydrogen (secondary N) is 1. The molecule has 0 aromatic carbocycles. The third-order valence-electron chi connectivity index (χ3n) is 4.19. The first-order valence-electron chi connectivity index (χ1n) is 7.09. The fourth-order valence-corrected chi connectivity index (χ4v) is 2.74. The summed E-state index contributed by atoms with van der Waals surface area (Å²) in [6, 6.07) is 0. The van der Waals surface area contributed by atoms with Crippen LogP contribution in [0.1, 0.15) is 45.0 Å². The van der Waals surface area contributed by atoms with Crippen LogP contribution in [-0.4, -0.2) is 10.9 Å². The topological polar surface area (TPSA) is 55.1 Å². The molecule has 1 heterocycles. The van der Waals surface area contributed by atoms with Crippen LogP contribution in [0.3, 0.4) is 0 Å². The second kappa shape index (κ2) is 5.08. The molecule has 1 aromatic heterocycles. The average molecular weight is 276 g/mol. The van der Waals surface area contributed by atoms with Gasteiger partial charge in [-0.25, -0.2) is 4.98 Å². The SMILES string of the molecule is CC(C)=C[C@@H]1[C@@H](C(=O)NCc2nc(C)c(C)o2)C1(C)C. The zero-order valence-corrected chi connectivity index (χ0v) is 13.2. The number of nitrogens with zero attached hydrogens (tertiary/aromatic N) is 1. The molecule has 2 atom stereocenters. The first-order valence-corrected chi connectivity index (χ1v) is 7.09. The molecule has 0 radical (unpaired) electrons. The predicted octanol–water partition coefficient (Wildman–Crippen LogP) is 3.15. The standard InChI is InChI=1S/C16H24N2O2/c1-9(2)7-12-14(16(12,5)6)15(19)17-8-13-18-10(3)11(4)20-13/h7,12,14H,8H2,1-6H3,(H,17,19)/t12-,14+/m1/s1. The number of aryl methyl sites for hydroxylation is 2. The zero-order valence-electron chi connectivity index (χ0n) is 13.2. The van der Waals surface area contributed by atoms with Gasteiger partial charge in [0.15, 0.2) is 0 Å². The van der Waals surface area contributed by atoms with E-state index in [-0.39, 0.29) is 17.2 Å². The quantitative estimate of drug-likeness (QED) is 0.859. The van der Waals surface area contributed by atoms with Crippen LogP contribution in [0, 0.1) is 31.1 Å². The lowest BCUT2D eigenvalue weighted by Crippen LogP contribution is -2.26. The Hall–Kier alpha value is -1.58. The van der Waals surface area contributed by atoms with Crippen molar-refractivity contribution in [3.05, 3.63) is 29.0 Å². The average Bonchev–Trinajstić information content (AvgIpc) is 2.69. The second-order valence-corrected chi connectivity index (χ2v) is 6.54. The summed E-state index contributed by atoms with van der Waals surface area (Å²) < 4.78 is 5.47. The molecule has 2 rings (SSSR count). The zero-order chi connectivity index (χ0) is 15.1. The Bertz CT molecular complexity index is 531. The van der Waals surface area contributed by atoms with E-state index in [1.54, 1.807) is 0 Å². The van der Waals surface area contributed by atoms with E-state index in [1.807, 2.05) is 13.8 Å². The first kappa shape index (κ1) is 14.8. The summed E-state index contributed by atoms with van der Waals surface area (Å²) in [7, 11) is 0. The summed E-state index contributed by atoms with van der Waals surface area (Å²) in [4.78, 5) is 16.5. The number of allylic oxidation sites excluding steroid dienone is 2. The maximum absolute atomic E-state index is 12.3. The largest absolute Gasteiger partial charge is 0.444 e. The highest BCUT2D eigenvalue weighted by Gasteiger charge is 2.60. The summed E-state index contributed by atoms with van der Waals surface area (Å²) >= 11 is 0. The van der Waals surface area contributed by atoms with E-state index >= 15 is 0 Å². The minimum atomic E-state index is 0.0454. The van der Waals surface area contributed by atoms with E-state index in [0.29, 0.717) is 18.4 Å². The Labute approximate surface area is 120 Å². The molecule has 0 unspecified atom stereocenters. The van der Waals surface area contributed by atoms with E-state index < -0.39 is 0 Å².